The SMILES string of the molecule is CC[C@@H](Oc1ccc(N(C)S(C)(=O)=O)cc1)C(=O)Nc1cc(S(=O)(=O)N2CCCCC2)ccc1OC. The van der Waals surface area contributed by atoms with Crippen LogP contribution in [0.2, 0.25) is 0 Å². The van der Waals surface area contributed by atoms with E-state index in [4.69, 9.17) is 9.47 Å². The topological polar surface area (TPSA) is 122 Å². The lowest BCUT2D eigenvalue weighted by molar-refractivity contribution is -0.122. The maximum absolute atomic E-state index is 13.1. The molecule has 1 heterocycles. The van der Waals surface area contributed by atoms with E-state index in [9.17, 15) is 21.6 Å². The molecule has 0 saturated carbocycles. The molecule has 36 heavy (non-hydrogen) atoms. The van der Waals surface area contributed by atoms with E-state index in [1.807, 2.05) is 0 Å². The number of carbonyl (C=O) groups is 1. The Hall–Kier alpha value is -2.83. The first kappa shape index (κ1) is 27.8. The standard InChI is InChI=1S/C24H33N3O7S2/c1-5-22(34-19-11-9-18(10-12-19)26(2)35(4,29)30)24(28)25-21-17-20(13-14-23(21)33-3)36(31,32)27-15-7-6-8-16-27/h9-14,17,22H,5-8,15-16H2,1-4H3,(H,25,28)/t22-/m1/s1. The predicted octanol–water partition coefficient (Wildman–Crippen LogP) is 3.06. The molecule has 0 aromatic heterocycles. The van der Waals surface area contributed by atoms with Crippen molar-refractivity contribution in [2.45, 2.75) is 43.6 Å². The van der Waals surface area contributed by atoms with Crippen molar-refractivity contribution in [1.82, 2.24) is 4.31 Å². The Balaban J connectivity index is 1.77. The molecule has 0 spiro atoms. The van der Waals surface area contributed by atoms with E-state index in [0.29, 0.717) is 36.7 Å². The van der Waals surface area contributed by atoms with Crippen LogP contribution in [0.4, 0.5) is 11.4 Å². The van der Waals surface area contributed by atoms with Crippen LogP contribution in [-0.4, -0.2) is 66.7 Å². The second kappa shape index (κ2) is 11.5. The summed E-state index contributed by atoms with van der Waals surface area (Å²) in [6.07, 6.45) is 3.21. The monoisotopic (exact) mass is 539 g/mol. The van der Waals surface area contributed by atoms with Crippen LogP contribution in [0.5, 0.6) is 11.5 Å². The zero-order valence-electron chi connectivity index (χ0n) is 20.9. The zero-order chi connectivity index (χ0) is 26.5. The van der Waals surface area contributed by atoms with Crippen LogP contribution in [0.3, 0.4) is 0 Å². The quantitative estimate of drug-likeness (QED) is 0.492. The number of carbonyl (C=O) groups excluding carboxylic acids is 1. The van der Waals surface area contributed by atoms with Crippen LogP contribution in [0, 0.1) is 0 Å². The summed E-state index contributed by atoms with van der Waals surface area (Å²) in [6.45, 7) is 2.73. The third-order valence-electron chi connectivity index (χ3n) is 6.02. The second-order valence-corrected chi connectivity index (χ2v) is 12.5. The summed E-state index contributed by atoms with van der Waals surface area (Å²) in [6, 6.07) is 10.7. The molecular formula is C24H33N3O7S2. The van der Waals surface area contributed by atoms with Crippen molar-refractivity contribution < 1.29 is 31.1 Å². The largest absolute Gasteiger partial charge is 0.495 e. The molecule has 1 N–H and O–H groups in total. The number of methoxy groups -OCH3 is 1. The highest BCUT2D eigenvalue weighted by atomic mass is 32.2. The minimum atomic E-state index is -3.69. The van der Waals surface area contributed by atoms with Gasteiger partial charge in [-0.2, -0.15) is 4.31 Å². The molecule has 0 bridgehead atoms. The molecule has 1 aliphatic rings. The lowest BCUT2D eigenvalue weighted by Crippen LogP contribution is -2.35. The lowest BCUT2D eigenvalue weighted by atomic mass is 10.2. The van der Waals surface area contributed by atoms with E-state index in [-0.39, 0.29) is 10.6 Å². The average Bonchev–Trinajstić information content (AvgIpc) is 2.87. The smallest absolute Gasteiger partial charge is 0.265 e. The summed E-state index contributed by atoms with van der Waals surface area (Å²) in [7, 11) is -4.21. The van der Waals surface area contributed by atoms with E-state index in [0.717, 1.165) is 29.8 Å². The lowest BCUT2D eigenvalue weighted by Gasteiger charge is -2.26. The summed E-state index contributed by atoms with van der Waals surface area (Å²) < 4.78 is 63.4. The van der Waals surface area contributed by atoms with Crippen molar-refractivity contribution in [3.05, 3.63) is 42.5 Å². The molecule has 10 nitrogen and oxygen atoms in total. The van der Waals surface area contributed by atoms with Gasteiger partial charge in [0.15, 0.2) is 6.10 Å². The Bertz CT molecular complexity index is 1270. The molecule has 0 radical (unpaired) electrons. The van der Waals surface area contributed by atoms with Gasteiger partial charge in [-0.15, -0.1) is 0 Å². The number of sulfonamides is 2. The highest BCUT2D eigenvalue weighted by Crippen LogP contribution is 2.30. The minimum Gasteiger partial charge on any atom is -0.495 e. The van der Waals surface area contributed by atoms with Gasteiger partial charge in [0, 0.05) is 20.1 Å². The Morgan fingerprint density at radius 3 is 2.25 bits per heavy atom. The number of nitrogens with one attached hydrogen (secondary N) is 1. The highest BCUT2D eigenvalue weighted by Gasteiger charge is 2.28. The number of hydrogen-bond donors (Lipinski definition) is 1. The molecular weight excluding hydrogens is 506 g/mol. The normalized spacial score (nSPS) is 15.7. The van der Waals surface area contributed by atoms with Gasteiger partial charge in [-0.25, -0.2) is 16.8 Å². The van der Waals surface area contributed by atoms with Crippen molar-refractivity contribution in [2.75, 3.05) is 43.1 Å². The third kappa shape index (κ3) is 6.48. The van der Waals surface area contributed by atoms with Gasteiger partial charge in [-0.1, -0.05) is 13.3 Å². The molecule has 1 amide bonds. The van der Waals surface area contributed by atoms with Crippen molar-refractivity contribution in [3.63, 3.8) is 0 Å². The van der Waals surface area contributed by atoms with Gasteiger partial charge < -0.3 is 14.8 Å². The number of rotatable bonds is 10. The molecule has 198 valence electrons. The minimum absolute atomic E-state index is 0.0834. The molecule has 1 saturated heterocycles. The third-order valence-corrected chi connectivity index (χ3v) is 9.12. The molecule has 1 fully saturated rings. The molecule has 2 aromatic carbocycles. The van der Waals surface area contributed by atoms with E-state index in [2.05, 4.69) is 5.32 Å². The Morgan fingerprint density at radius 1 is 1.06 bits per heavy atom. The fourth-order valence-corrected chi connectivity index (χ4v) is 5.87. The van der Waals surface area contributed by atoms with Crippen LogP contribution < -0.4 is 19.1 Å². The molecule has 2 aromatic rings. The number of nitrogens with zero attached hydrogens (tertiary/aromatic N) is 2. The van der Waals surface area contributed by atoms with Gasteiger partial charge in [0.1, 0.15) is 11.5 Å². The Labute approximate surface area is 213 Å². The second-order valence-electron chi connectivity index (χ2n) is 8.56. The predicted molar refractivity (Wildman–Crippen MR) is 139 cm³/mol. The molecule has 0 aliphatic carbocycles. The van der Waals surface area contributed by atoms with Gasteiger partial charge in [-0.05, 0) is 61.7 Å². The molecule has 12 heteroatoms. The number of amides is 1. The summed E-state index contributed by atoms with van der Waals surface area (Å²) in [5.74, 6) is 0.237. The van der Waals surface area contributed by atoms with Crippen molar-refractivity contribution in [3.8, 4) is 11.5 Å². The average molecular weight is 540 g/mol. The zero-order valence-corrected chi connectivity index (χ0v) is 22.6. The van der Waals surface area contributed by atoms with E-state index in [1.165, 1.54) is 36.7 Å². The fourth-order valence-electron chi connectivity index (χ4n) is 3.83. The summed E-state index contributed by atoms with van der Waals surface area (Å²) in [4.78, 5) is 13.1. The van der Waals surface area contributed by atoms with Crippen LogP contribution in [-0.2, 0) is 24.8 Å². The first-order valence-corrected chi connectivity index (χ1v) is 15.0. The van der Waals surface area contributed by atoms with Crippen molar-refractivity contribution in [1.29, 1.82) is 0 Å². The molecule has 1 atom stereocenters. The van der Waals surface area contributed by atoms with Crippen LogP contribution >= 0.6 is 0 Å². The van der Waals surface area contributed by atoms with Crippen molar-refractivity contribution in [2.24, 2.45) is 0 Å². The molecule has 0 unspecified atom stereocenters. The van der Waals surface area contributed by atoms with Gasteiger partial charge in [0.05, 0.1) is 29.6 Å². The van der Waals surface area contributed by atoms with Crippen LogP contribution in [0.25, 0.3) is 0 Å². The van der Waals surface area contributed by atoms with E-state index < -0.39 is 32.1 Å². The maximum atomic E-state index is 13.1. The highest BCUT2D eigenvalue weighted by molar-refractivity contribution is 7.92. The number of benzene rings is 2. The Kier molecular flexibility index (Phi) is 8.85. The van der Waals surface area contributed by atoms with Gasteiger partial charge in [0.25, 0.3) is 5.91 Å². The maximum Gasteiger partial charge on any atom is 0.265 e. The van der Waals surface area contributed by atoms with Gasteiger partial charge in [0.2, 0.25) is 20.0 Å². The van der Waals surface area contributed by atoms with Gasteiger partial charge >= 0.3 is 0 Å². The number of ether oxygens (including phenoxy) is 2. The fraction of sp³-hybridized carbons (Fsp3) is 0.458. The summed E-state index contributed by atoms with van der Waals surface area (Å²) >= 11 is 0. The number of piperidine rings is 1. The van der Waals surface area contributed by atoms with E-state index in [1.54, 1.807) is 31.2 Å². The van der Waals surface area contributed by atoms with E-state index >= 15 is 0 Å². The van der Waals surface area contributed by atoms with Crippen molar-refractivity contribution >= 4 is 37.3 Å². The number of anilines is 2. The summed E-state index contributed by atoms with van der Waals surface area (Å²) in [5.41, 5.74) is 0.687. The number of hydrogen-bond acceptors (Lipinski definition) is 7. The summed E-state index contributed by atoms with van der Waals surface area (Å²) in [5, 5.41) is 2.74. The first-order valence-electron chi connectivity index (χ1n) is 11.7. The first-order chi connectivity index (χ1) is 17.0. The van der Waals surface area contributed by atoms with Gasteiger partial charge in [-0.3, -0.25) is 9.10 Å². The molecule has 3 rings (SSSR count). The van der Waals surface area contributed by atoms with Crippen LogP contribution in [0.1, 0.15) is 32.6 Å². The van der Waals surface area contributed by atoms with Crippen LogP contribution in [0.15, 0.2) is 47.4 Å². The Morgan fingerprint density at radius 2 is 1.69 bits per heavy atom. The molecule has 1 aliphatic heterocycles.